The van der Waals surface area contributed by atoms with Crippen molar-refractivity contribution in [3.8, 4) is 0 Å². The molecule has 0 aliphatic heterocycles. The average molecular weight is 269 g/mol. The van der Waals surface area contributed by atoms with E-state index >= 15 is 0 Å². The molecule has 20 heavy (non-hydrogen) atoms. The molecule has 0 heterocycles. The van der Waals surface area contributed by atoms with Gasteiger partial charge in [-0.25, -0.2) is 0 Å². The van der Waals surface area contributed by atoms with Crippen molar-refractivity contribution in [2.75, 3.05) is 19.8 Å². The summed E-state index contributed by atoms with van der Waals surface area (Å²) in [7, 11) is 0. The molecule has 1 aliphatic rings. The molecule has 106 valence electrons. The Morgan fingerprint density at radius 2 is 1.85 bits per heavy atom. The fourth-order valence-electron chi connectivity index (χ4n) is 2.64. The van der Waals surface area contributed by atoms with Crippen molar-refractivity contribution >= 4 is 10.8 Å². The Kier molecular flexibility index (Phi) is 4.34. The molecule has 0 amide bonds. The first-order valence-corrected chi connectivity index (χ1v) is 7.63. The van der Waals surface area contributed by atoms with E-state index in [9.17, 15) is 0 Å². The summed E-state index contributed by atoms with van der Waals surface area (Å²) in [5.41, 5.74) is 2.74. The third-order valence-electron chi connectivity index (χ3n) is 4.00. The second-order valence-electron chi connectivity index (χ2n) is 5.68. The van der Waals surface area contributed by atoms with Crippen molar-refractivity contribution < 1.29 is 4.74 Å². The summed E-state index contributed by atoms with van der Waals surface area (Å²) in [5, 5.41) is 6.20. The van der Waals surface area contributed by atoms with E-state index in [4.69, 9.17) is 4.74 Å². The Balaban J connectivity index is 1.53. The number of nitrogens with one attached hydrogen (secondary N) is 1. The molecule has 0 unspecified atom stereocenters. The zero-order valence-electron chi connectivity index (χ0n) is 12.2. The quantitative estimate of drug-likeness (QED) is 0.777. The van der Waals surface area contributed by atoms with Crippen LogP contribution in [-0.2, 0) is 11.2 Å². The highest BCUT2D eigenvalue weighted by molar-refractivity contribution is 5.88. The summed E-state index contributed by atoms with van der Waals surface area (Å²) in [5.74, 6) is 0. The van der Waals surface area contributed by atoms with Crippen molar-refractivity contribution in [1.29, 1.82) is 0 Å². The second kappa shape index (κ2) is 6.38. The molecular weight excluding hydrogens is 246 g/mol. The van der Waals surface area contributed by atoms with Crippen molar-refractivity contribution in [1.82, 2.24) is 5.32 Å². The molecule has 0 atom stereocenters. The zero-order valence-corrected chi connectivity index (χ0v) is 12.2. The number of fused-ring (bicyclic) bond motifs is 1. The molecule has 2 nitrogen and oxygen atoms in total. The van der Waals surface area contributed by atoms with Crippen LogP contribution in [0.5, 0.6) is 0 Å². The molecule has 0 radical (unpaired) electrons. The normalized spacial score (nSPS) is 14.8. The lowest BCUT2D eigenvalue weighted by atomic mass is 9.99. The molecule has 2 heteroatoms. The first-order valence-electron chi connectivity index (χ1n) is 7.63. The van der Waals surface area contributed by atoms with Crippen LogP contribution in [0.25, 0.3) is 10.8 Å². The van der Waals surface area contributed by atoms with Crippen LogP contribution < -0.4 is 5.32 Å². The lowest BCUT2D eigenvalue weighted by Crippen LogP contribution is -2.22. The molecule has 1 fully saturated rings. The maximum atomic E-state index is 5.73. The highest BCUT2D eigenvalue weighted by Gasteiger charge is 2.19. The Bertz CT molecular complexity index is 575. The molecule has 0 saturated heterocycles. The molecule has 3 rings (SSSR count). The number of benzene rings is 2. The van der Waals surface area contributed by atoms with Crippen LogP contribution in [-0.4, -0.2) is 25.8 Å². The monoisotopic (exact) mass is 269 g/mol. The number of hydrogen-bond donors (Lipinski definition) is 1. The predicted molar refractivity (Wildman–Crippen MR) is 84.2 cm³/mol. The first-order chi connectivity index (χ1) is 9.84. The summed E-state index contributed by atoms with van der Waals surface area (Å²) < 4.78 is 5.73. The smallest absolute Gasteiger partial charge is 0.0591 e. The number of rotatable bonds is 7. The van der Waals surface area contributed by atoms with Crippen molar-refractivity contribution in [3.05, 3.63) is 47.5 Å². The number of ether oxygens (including phenoxy) is 1. The Labute approximate surface area is 121 Å². The van der Waals surface area contributed by atoms with Gasteiger partial charge in [-0.05, 0) is 48.1 Å². The molecule has 1 N–H and O–H groups in total. The van der Waals surface area contributed by atoms with Crippen LogP contribution >= 0.6 is 0 Å². The number of aryl methyl sites for hydroxylation is 1. The summed E-state index contributed by atoms with van der Waals surface area (Å²) in [4.78, 5) is 0. The van der Waals surface area contributed by atoms with Crippen LogP contribution in [0.2, 0.25) is 0 Å². The molecule has 2 aromatic rings. The van der Waals surface area contributed by atoms with E-state index in [1.165, 1.54) is 34.7 Å². The second-order valence-corrected chi connectivity index (χ2v) is 5.68. The minimum Gasteiger partial charge on any atom is -0.380 e. The van der Waals surface area contributed by atoms with E-state index in [1.807, 2.05) is 0 Å². The van der Waals surface area contributed by atoms with Gasteiger partial charge in [0, 0.05) is 12.6 Å². The molecule has 2 aromatic carbocycles. The van der Waals surface area contributed by atoms with Crippen LogP contribution in [0, 0.1) is 6.92 Å². The third-order valence-corrected chi connectivity index (χ3v) is 4.00. The summed E-state index contributed by atoms with van der Waals surface area (Å²) >= 11 is 0. The Hall–Kier alpha value is -1.38. The highest BCUT2D eigenvalue weighted by Crippen LogP contribution is 2.22. The fraction of sp³-hybridized carbons (Fsp3) is 0.444. The standard InChI is InChI=1S/C18H23NO/c1-14-6-7-15(18-5-3-2-4-17(14)18)10-12-20-13-11-19-16-8-9-16/h2-7,16,19H,8-13H2,1H3. The van der Waals surface area contributed by atoms with Gasteiger partial charge < -0.3 is 10.1 Å². The van der Waals surface area contributed by atoms with Gasteiger partial charge in [0.2, 0.25) is 0 Å². The van der Waals surface area contributed by atoms with E-state index in [-0.39, 0.29) is 0 Å². The highest BCUT2D eigenvalue weighted by atomic mass is 16.5. The maximum absolute atomic E-state index is 5.73. The molecule has 0 bridgehead atoms. The largest absolute Gasteiger partial charge is 0.380 e. The topological polar surface area (TPSA) is 21.3 Å². The SMILES string of the molecule is Cc1ccc(CCOCCNC2CC2)c2ccccc12. The fourth-order valence-corrected chi connectivity index (χ4v) is 2.64. The van der Waals surface area contributed by atoms with Gasteiger partial charge in [-0.2, -0.15) is 0 Å². The molecule has 1 saturated carbocycles. The van der Waals surface area contributed by atoms with Gasteiger partial charge in [0.1, 0.15) is 0 Å². The van der Waals surface area contributed by atoms with Gasteiger partial charge in [-0.3, -0.25) is 0 Å². The molecule has 1 aliphatic carbocycles. The van der Waals surface area contributed by atoms with E-state index < -0.39 is 0 Å². The summed E-state index contributed by atoms with van der Waals surface area (Å²) in [6, 6.07) is 13.9. The van der Waals surface area contributed by atoms with Gasteiger partial charge in [0.25, 0.3) is 0 Å². The zero-order chi connectivity index (χ0) is 13.8. The third kappa shape index (κ3) is 3.38. The van der Waals surface area contributed by atoms with E-state index in [0.29, 0.717) is 0 Å². The van der Waals surface area contributed by atoms with Crippen molar-refractivity contribution in [2.24, 2.45) is 0 Å². The van der Waals surface area contributed by atoms with Crippen LogP contribution in [0.15, 0.2) is 36.4 Å². The van der Waals surface area contributed by atoms with Crippen LogP contribution in [0.4, 0.5) is 0 Å². The Morgan fingerprint density at radius 3 is 2.65 bits per heavy atom. The predicted octanol–water partition coefficient (Wildman–Crippen LogP) is 3.46. The Morgan fingerprint density at radius 1 is 1.05 bits per heavy atom. The minimum atomic E-state index is 0.777. The summed E-state index contributed by atoms with van der Waals surface area (Å²) in [6.45, 7) is 4.78. The van der Waals surface area contributed by atoms with Crippen molar-refractivity contribution in [2.45, 2.75) is 32.2 Å². The van der Waals surface area contributed by atoms with Gasteiger partial charge in [-0.1, -0.05) is 36.4 Å². The molecular formula is C18H23NO. The van der Waals surface area contributed by atoms with E-state index in [2.05, 4.69) is 48.6 Å². The van der Waals surface area contributed by atoms with Crippen LogP contribution in [0.3, 0.4) is 0 Å². The lowest BCUT2D eigenvalue weighted by molar-refractivity contribution is 0.139. The maximum Gasteiger partial charge on any atom is 0.0591 e. The van der Waals surface area contributed by atoms with E-state index in [0.717, 1.165) is 32.2 Å². The first kappa shape index (κ1) is 13.6. The number of hydrogen-bond acceptors (Lipinski definition) is 2. The summed E-state index contributed by atoms with van der Waals surface area (Å²) in [6.07, 6.45) is 3.68. The molecule has 0 aromatic heterocycles. The minimum absolute atomic E-state index is 0.777. The van der Waals surface area contributed by atoms with Crippen LogP contribution in [0.1, 0.15) is 24.0 Å². The van der Waals surface area contributed by atoms with Gasteiger partial charge in [0.15, 0.2) is 0 Å². The van der Waals surface area contributed by atoms with Gasteiger partial charge in [0.05, 0.1) is 13.2 Å². The van der Waals surface area contributed by atoms with Crippen molar-refractivity contribution in [3.63, 3.8) is 0 Å². The lowest BCUT2D eigenvalue weighted by Gasteiger charge is -2.10. The average Bonchev–Trinajstić information content (AvgIpc) is 3.29. The van der Waals surface area contributed by atoms with E-state index in [1.54, 1.807) is 0 Å². The van der Waals surface area contributed by atoms with Gasteiger partial charge >= 0.3 is 0 Å². The van der Waals surface area contributed by atoms with Gasteiger partial charge in [-0.15, -0.1) is 0 Å². The molecule has 0 spiro atoms.